The highest BCUT2D eigenvalue weighted by Gasteiger charge is 2.11. The molecule has 0 saturated carbocycles. The monoisotopic (exact) mass is 379 g/mol. The van der Waals surface area contributed by atoms with E-state index in [-0.39, 0.29) is 23.2 Å². The SMILES string of the molecule is COc1ccc(CCNC(=O)/C=C(\C)c2ccc(F)cc2)cc1OC(F)F. The van der Waals surface area contributed by atoms with Crippen molar-refractivity contribution in [2.45, 2.75) is 20.0 Å². The van der Waals surface area contributed by atoms with E-state index in [9.17, 15) is 18.0 Å². The van der Waals surface area contributed by atoms with Crippen molar-refractivity contribution in [1.29, 1.82) is 0 Å². The predicted octanol–water partition coefficient (Wildman–Crippen LogP) is 4.20. The van der Waals surface area contributed by atoms with E-state index in [4.69, 9.17) is 4.74 Å². The molecule has 144 valence electrons. The molecule has 0 fully saturated rings. The standard InChI is InChI=1S/C20H20F3NO3/c1-13(15-4-6-16(21)7-5-15)11-19(25)24-10-9-14-3-8-17(26-2)18(12-14)27-20(22)23/h3-8,11-12,20H,9-10H2,1-2H3,(H,24,25)/b13-11+. The van der Waals surface area contributed by atoms with Gasteiger partial charge in [-0.1, -0.05) is 18.2 Å². The first kappa shape index (κ1) is 20.4. The van der Waals surface area contributed by atoms with Crippen molar-refractivity contribution in [3.63, 3.8) is 0 Å². The predicted molar refractivity (Wildman–Crippen MR) is 96.4 cm³/mol. The summed E-state index contributed by atoms with van der Waals surface area (Å²) in [4.78, 5) is 12.0. The molecule has 4 nitrogen and oxygen atoms in total. The summed E-state index contributed by atoms with van der Waals surface area (Å²) in [7, 11) is 1.36. The molecule has 1 N–H and O–H groups in total. The van der Waals surface area contributed by atoms with Gasteiger partial charge in [0.2, 0.25) is 5.91 Å². The third-order valence-corrected chi connectivity index (χ3v) is 3.80. The van der Waals surface area contributed by atoms with Gasteiger partial charge >= 0.3 is 6.61 Å². The topological polar surface area (TPSA) is 47.6 Å². The summed E-state index contributed by atoms with van der Waals surface area (Å²) < 4.78 is 47.2. The van der Waals surface area contributed by atoms with Crippen LogP contribution in [0.4, 0.5) is 13.2 Å². The number of rotatable bonds is 8. The number of hydrogen-bond acceptors (Lipinski definition) is 3. The maximum absolute atomic E-state index is 12.9. The van der Waals surface area contributed by atoms with E-state index in [2.05, 4.69) is 10.1 Å². The second-order valence-electron chi connectivity index (χ2n) is 5.74. The highest BCUT2D eigenvalue weighted by Crippen LogP contribution is 2.29. The number of alkyl halides is 2. The Bertz CT molecular complexity index is 805. The lowest BCUT2D eigenvalue weighted by Gasteiger charge is -2.11. The average molecular weight is 379 g/mol. The zero-order valence-corrected chi connectivity index (χ0v) is 15.0. The van der Waals surface area contributed by atoms with Gasteiger partial charge in [0.1, 0.15) is 5.82 Å². The molecular weight excluding hydrogens is 359 g/mol. The van der Waals surface area contributed by atoms with Crippen LogP contribution in [0.15, 0.2) is 48.5 Å². The summed E-state index contributed by atoms with van der Waals surface area (Å²) in [6, 6.07) is 10.5. The first-order valence-corrected chi connectivity index (χ1v) is 8.23. The van der Waals surface area contributed by atoms with E-state index in [0.717, 1.165) is 5.56 Å². The molecule has 0 aliphatic heterocycles. The Hall–Kier alpha value is -2.96. The smallest absolute Gasteiger partial charge is 0.387 e. The molecule has 0 unspecified atom stereocenters. The van der Waals surface area contributed by atoms with Crippen molar-refractivity contribution < 1.29 is 27.4 Å². The lowest BCUT2D eigenvalue weighted by molar-refractivity contribution is -0.116. The fourth-order valence-electron chi connectivity index (χ4n) is 2.44. The van der Waals surface area contributed by atoms with Gasteiger partial charge in [-0.05, 0) is 54.3 Å². The summed E-state index contributed by atoms with van der Waals surface area (Å²) in [6.07, 6.45) is 1.85. The van der Waals surface area contributed by atoms with Crippen LogP contribution >= 0.6 is 0 Å². The zero-order chi connectivity index (χ0) is 19.8. The zero-order valence-electron chi connectivity index (χ0n) is 15.0. The molecular formula is C20H20F3NO3. The van der Waals surface area contributed by atoms with E-state index in [0.29, 0.717) is 24.1 Å². The van der Waals surface area contributed by atoms with Gasteiger partial charge in [0.15, 0.2) is 11.5 Å². The third kappa shape index (κ3) is 6.36. The second-order valence-corrected chi connectivity index (χ2v) is 5.74. The Balaban J connectivity index is 1.92. The van der Waals surface area contributed by atoms with Crippen molar-refractivity contribution >= 4 is 11.5 Å². The number of allylic oxidation sites excluding steroid dienone is 1. The highest BCUT2D eigenvalue weighted by molar-refractivity contribution is 5.94. The van der Waals surface area contributed by atoms with Crippen LogP contribution in [0.5, 0.6) is 11.5 Å². The van der Waals surface area contributed by atoms with Crippen LogP contribution in [0.2, 0.25) is 0 Å². The van der Waals surface area contributed by atoms with Crippen LogP contribution in [-0.4, -0.2) is 26.2 Å². The maximum Gasteiger partial charge on any atom is 0.387 e. The molecule has 0 spiro atoms. The van der Waals surface area contributed by atoms with Gasteiger partial charge in [-0.2, -0.15) is 8.78 Å². The summed E-state index contributed by atoms with van der Waals surface area (Å²) in [5.41, 5.74) is 2.16. The molecule has 27 heavy (non-hydrogen) atoms. The van der Waals surface area contributed by atoms with E-state index in [1.807, 2.05) is 0 Å². The van der Waals surface area contributed by atoms with Crippen LogP contribution in [0.3, 0.4) is 0 Å². The molecule has 0 radical (unpaired) electrons. The quantitative estimate of drug-likeness (QED) is 0.700. The van der Waals surface area contributed by atoms with Crippen LogP contribution in [-0.2, 0) is 11.2 Å². The van der Waals surface area contributed by atoms with Gasteiger partial charge in [-0.15, -0.1) is 0 Å². The normalized spacial score (nSPS) is 11.4. The number of nitrogens with one attached hydrogen (secondary N) is 1. The molecule has 2 aromatic carbocycles. The third-order valence-electron chi connectivity index (χ3n) is 3.80. The van der Waals surface area contributed by atoms with Crippen LogP contribution in [0.1, 0.15) is 18.1 Å². The molecule has 0 heterocycles. The lowest BCUT2D eigenvalue weighted by Crippen LogP contribution is -2.23. The Labute approximate surface area is 155 Å². The molecule has 0 atom stereocenters. The Morgan fingerprint density at radius 3 is 2.48 bits per heavy atom. The van der Waals surface area contributed by atoms with Gasteiger partial charge in [0.25, 0.3) is 0 Å². The number of halogens is 3. The minimum atomic E-state index is -2.95. The Morgan fingerprint density at radius 1 is 1.15 bits per heavy atom. The van der Waals surface area contributed by atoms with Crippen molar-refractivity contribution in [2.24, 2.45) is 0 Å². The Morgan fingerprint density at radius 2 is 1.85 bits per heavy atom. The van der Waals surface area contributed by atoms with Gasteiger partial charge in [-0.3, -0.25) is 4.79 Å². The average Bonchev–Trinajstić information content (AvgIpc) is 2.62. The summed E-state index contributed by atoms with van der Waals surface area (Å²) in [5, 5.41) is 2.72. The number of carbonyl (C=O) groups excluding carboxylic acids is 1. The minimum absolute atomic E-state index is 0.0524. The lowest BCUT2D eigenvalue weighted by atomic mass is 10.1. The number of ether oxygens (including phenoxy) is 2. The van der Waals surface area contributed by atoms with Gasteiger partial charge in [-0.25, -0.2) is 4.39 Å². The molecule has 1 amide bonds. The maximum atomic E-state index is 12.9. The van der Waals surface area contributed by atoms with Crippen molar-refractivity contribution in [1.82, 2.24) is 5.32 Å². The van der Waals surface area contributed by atoms with Gasteiger partial charge in [0, 0.05) is 12.6 Å². The number of carbonyl (C=O) groups is 1. The fourth-order valence-corrected chi connectivity index (χ4v) is 2.44. The molecule has 0 bridgehead atoms. The summed E-state index contributed by atoms with van der Waals surface area (Å²) >= 11 is 0. The van der Waals surface area contributed by atoms with Crippen LogP contribution < -0.4 is 14.8 Å². The van der Waals surface area contributed by atoms with Crippen molar-refractivity contribution in [3.8, 4) is 11.5 Å². The Kier molecular flexibility index (Phi) is 7.28. The first-order valence-electron chi connectivity index (χ1n) is 8.23. The molecule has 0 aromatic heterocycles. The van der Waals surface area contributed by atoms with Crippen molar-refractivity contribution in [2.75, 3.05) is 13.7 Å². The molecule has 0 aliphatic carbocycles. The molecule has 0 aliphatic rings. The largest absolute Gasteiger partial charge is 0.493 e. The number of hydrogen-bond donors (Lipinski definition) is 1. The number of amides is 1. The number of methoxy groups -OCH3 is 1. The minimum Gasteiger partial charge on any atom is -0.493 e. The second kappa shape index (κ2) is 9.66. The van der Waals surface area contributed by atoms with Gasteiger partial charge < -0.3 is 14.8 Å². The summed E-state index contributed by atoms with van der Waals surface area (Å²) in [6.45, 7) is -0.884. The summed E-state index contributed by atoms with van der Waals surface area (Å²) in [5.74, 6) is -0.482. The molecule has 7 heteroatoms. The van der Waals surface area contributed by atoms with E-state index >= 15 is 0 Å². The molecule has 2 rings (SSSR count). The molecule has 0 saturated heterocycles. The van der Waals surface area contributed by atoms with Crippen LogP contribution in [0.25, 0.3) is 5.57 Å². The van der Waals surface area contributed by atoms with Crippen molar-refractivity contribution in [3.05, 3.63) is 65.5 Å². The van der Waals surface area contributed by atoms with Crippen LogP contribution in [0, 0.1) is 5.82 Å². The van der Waals surface area contributed by atoms with E-state index in [1.54, 1.807) is 25.1 Å². The fraction of sp³-hybridized carbons (Fsp3) is 0.250. The molecule has 2 aromatic rings. The first-order chi connectivity index (χ1) is 12.9. The van der Waals surface area contributed by atoms with E-state index in [1.165, 1.54) is 37.5 Å². The van der Waals surface area contributed by atoms with E-state index < -0.39 is 6.61 Å². The van der Waals surface area contributed by atoms with Gasteiger partial charge in [0.05, 0.1) is 7.11 Å². The highest BCUT2D eigenvalue weighted by atomic mass is 19.3. The number of benzene rings is 2.